The summed E-state index contributed by atoms with van der Waals surface area (Å²) in [5.74, 6) is -0.556. The van der Waals surface area contributed by atoms with Crippen LogP contribution in [0.25, 0.3) is 4.85 Å². The van der Waals surface area contributed by atoms with Crippen molar-refractivity contribution in [3.05, 3.63) is 37.9 Å². The molecule has 10 heteroatoms. The third-order valence-electron chi connectivity index (χ3n) is 3.29. The summed E-state index contributed by atoms with van der Waals surface area (Å²) in [7, 11) is 2.56. The first-order chi connectivity index (χ1) is 10.8. The van der Waals surface area contributed by atoms with E-state index in [1.54, 1.807) is 0 Å². The summed E-state index contributed by atoms with van der Waals surface area (Å²) in [5, 5.41) is 23.9. The van der Waals surface area contributed by atoms with E-state index in [1.165, 1.54) is 14.1 Å². The number of aromatic hydroxyl groups is 1. The lowest BCUT2D eigenvalue weighted by Gasteiger charge is -2.05. The van der Waals surface area contributed by atoms with Gasteiger partial charge in [-0.2, -0.15) is 5.10 Å². The SMILES string of the molecule is [C-]#[N+]c1c(N=Nc2c(O)n(C)c(=O)n(C)c2=O)n[nH]c1C(C)C. The maximum atomic E-state index is 12.0. The molecule has 23 heavy (non-hydrogen) atoms. The first-order valence-electron chi connectivity index (χ1n) is 6.66. The van der Waals surface area contributed by atoms with Gasteiger partial charge in [0.15, 0.2) is 0 Å². The van der Waals surface area contributed by atoms with Crippen molar-refractivity contribution in [2.24, 2.45) is 24.3 Å². The molecule has 0 fully saturated rings. The first-order valence-corrected chi connectivity index (χ1v) is 6.66. The Morgan fingerprint density at radius 3 is 2.48 bits per heavy atom. The monoisotopic (exact) mass is 317 g/mol. The molecule has 0 aliphatic heterocycles. The minimum atomic E-state index is -0.793. The Morgan fingerprint density at radius 1 is 1.26 bits per heavy atom. The van der Waals surface area contributed by atoms with Crippen LogP contribution in [0.2, 0.25) is 0 Å². The predicted octanol–water partition coefficient (Wildman–Crippen LogP) is 1.60. The Morgan fingerprint density at radius 2 is 1.91 bits per heavy atom. The lowest BCUT2D eigenvalue weighted by molar-refractivity contribution is 0.413. The molecule has 0 unspecified atom stereocenters. The summed E-state index contributed by atoms with van der Waals surface area (Å²) in [6, 6.07) is 0. The second-order valence-corrected chi connectivity index (χ2v) is 5.15. The molecule has 2 aromatic heterocycles. The molecule has 0 atom stereocenters. The second-order valence-electron chi connectivity index (χ2n) is 5.15. The summed E-state index contributed by atoms with van der Waals surface area (Å²) >= 11 is 0. The standard InChI is InChI=1S/C13H15N7O3/c1-6(2)7-8(14-3)10(17-15-7)18-16-9-11(21)19(4)13(23)20(5)12(9)22/h6,21H,1-2,4-5H3,(H,15,17). The molecule has 2 aromatic rings. The van der Waals surface area contributed by atoms with Crippen LogP contribution in [0.15, 0.2) is 19.8 Å². The minimum absolute atomic E-state index is 0.0130. The molecule has 0 aliphatic carbocycles. The summed E-state index contributed by atoms with van der Waals surface area (Å²) in [4.78, 5) is 27.0. The largest absolute Gasteiger partial charge is 0.493 e. The van der Waals surface area contributed by atoms with Gasteiger partial charge in [0.05, 0.1) is 6.57 Å². The number of H-pyrrole nitrogens is 1. The van der Waals surface area contributed by atoms with E-state index in [1.807, 2.05) is 13.8 Å². The highest BCUT2D eigenvalue weighted by Gasteiger charge is 2.18. The molecule has 0 amide bonds. The zero-order valence-corrected chi connectivity index (χ0v) is 13.0. The average Bonchev–Trinajstić information content (AvgIpc) is 2.94. The fourth-order valence-corrected chi connectivity index (χ4v) is 1.92. The molecule has 0 bridgehead atoms. The Labute approximate surface area is 130 Å². The van der Waals surface area contributed by atoms with Crippen molar-refractivity contribution >= 4 is 17.2 Å². The maximum absolute atomic E-state index is 12.0. The zero-order chi connectivity index (χ0) is 17.3. The maximum Gasteiger partial charge on any atom is 0.333 e. The number of nitrogens with one attached hydrogen (secondary N) is 1. The van der Waals surface area contributed by atoms with Crippen LogP contribution in [0.1, 0.15) is 25.5 Å². The van der Waals surface area contributed by atoms with Crippen LogP contribution in [0.3, 0.4) is 0 Å². The molecule has 120 valence electrons. The van der Waals surface area contributed by atoms with Gasteiger partial charge in [-0.1, -0.05) is 13.8 Å². The van der Waals surface area contributed by atoms with Gasteiger partial charge in [-0.05, 0) is 5.92 Å². The molecule has 0 saturated heterocycles. The third-order valence-corrected chi connectivity index (χ3v) is 3.29. The molecule has 0 aromatic carbocycles. The van der Waals surface area contributed by atoms with Gasteiger partial charge in [-0.25, -0.2) is 9.64 Å². The number of hydrogen-bond donors (Lipinski definition) is 2. The second kappa shape index (κ2) is 5.88. The number of azo groups is 1. The molecule has 2 rings (SSSR count). The summed E-state index contributed by atoms with van der Waals surface area (Å²) < 4.78 is 1.67. The average molecular weight is 317 g/mol. The van der Waals surface area contributed by atoms with Gasteiger partial charge < -0.3 is 5.11 Å². The van der Waals surface area contributed by atoms with E-state index in [0.717, 1.165) is 9.13 Å². The van der Waals surface area contributed by atoms with Gasteiger partial charge in [0.1, 0.15) is 0 Å². The highest BCUT2D eigenvalue weighted by molar-refractivity contribution is 5.66. The van der Waals surface area contributed by atoms with Crippen molar-refractivity contribution in [3.8, 4) is 5.88 Å². The smallest absolute Gasteiger partial charge is 0.333 e. The molecule has 0 spiro atoms. The molecular weight excluding hydrogens is 302 g/mol. The Bertz CT molecular complexity index is 940. The Kier molecular flexibility index (Phi) is 4.13. The van der Waals surface area contributed by atoms with Crippen LogP contribution in [0, 0.1) is 6.57 Å². The summed E-state index contributed by atoms with van der Waals surface area (Å²) in [6.45, 7) is 11.0. The van der Waals surface area contributed by atoms with E-state index in [2.05, 4.69) is 25.3 Å². The van der Waals surface area contributed by atoms with Crippen molar-refractivity contribution in [2.75, 3.05) is 0 Å². The molecule has 0 radical (unpaired) electrons. The van der Waals surface area contributed by atoms with Crippen molar-refractivity contribution in [3.63, 3.8) is 0 Å². The van der Waals surface area contributed by atoms with Gasteiger partial charge in [0.2, 0.25) is 17.4 Å². The van der Waals surface area contributed by atoms with E-state index in [-0.39, 0.29) is 17.4 Å². The van der Waals surface area contributed by atoms with Crippen LogP contribution >= 0.6 is 0 Å². The minimum Gasteiger partial charge on any atom is -0.493 e. The van der Waals surface area contributed by atoms with Gasteiger partial charge >= 0.3 is 5.69 Å². The van der Waals surface area contributed by atoms with Crippen LogP contribution in [0.5, 0.6) is 5.88 Å². The van der Waals surface area contributed by atoms with Crippen molar-refractivity contribution in [2.45, 2.75) is 19.8 Å². The van der Waals surface area contributed by atoms with Gasteiger partial charge in [0, 0.05) is 19.8 Å². The normalized spacial score (nSPS) is 11.3. The number of hydrogen-bond acceptors (Lipinski definition) is 6. The van der Waals surface area contributed by atoms with E-state index in [4.69, 9.17) is 6.57 Å². The van der Waals surface area contributed by atoms with Crippen LogP contribution in [0.4, 0.5) is 17.2 Å². The van der Waals surface area contributed by atoms with E-state index in [9.17, 15) is 14.7 Å². The Hall–Kier alpha value is -3.22. The third kappa shape index (κ3) is 2.64. The van der Waals surface area contributed by atoms with E-state index < -0.39 is 22.8 Å². The molecule has 0 aliphatic rings. The van der Waals surface area contributed by atoms with Gasteiger partial charge in [0.25, 0.3) is 11.2 Å². The fourth-order valence-electron chi connectivity index (χ4n) is 1.92. The summed E-state index contributed by atoms with van der Waals surface area (Å²) in [6.07, 6.45) is 0. The van der Waals surface area contributed by atoms with E-state index in [0.29, 0.717) is 5.69 Å². The predicted molar refractivity (Wildman–Crippen MR) is 81.7 cm³/mol. The lowest BCUT2D eigenvalue weighted by atomic mass is 10.1. The molecule has 2 heterocycles. The molecule has 0 saturated carbocycles. The van der Waals surface area contributed by atoms with Gasteiger partial charge in [-0.15, -0.1) is 10.2 Å². The van der Waals surface area contributed by atoms with Crippen molar-refractivity contribution in [1.82, 2.24) is 19.3 Å². The van der Waals surface area contributed by atoms with Crippen LogP contribution < -0.4 is 11.2 Å². The van der Waals surface area contributed by atoms with Crippen LogP contribution in [-0.4, -0.2) is 24.4 Å². The topological polar surface area (TPSA) is 122 Å². The van der Waals surface area contributed by atoms with Gasteiger partial charge in [-0.3, -0.25) is 19.0 Å². The number of aromatic amines is 1. The quantitative estimate of drug-likeness (QED) is 0.659. The van der Waals surface area contributed by atoms with Crippen molar-refractivity contribution < 1.29 is 5.11 Å². The molecule has 2 N–H and O–H groups in total. The summed E-state index contributed by atoms with van der Waals surface area (Å²) in [5.41, 5.74) is -1.08. The lowest BCUT2D eigenvalue weighted by Crippen LogP contribution is -2.36. The zero-order valence-electron chi connectivity index (χ0n) is 13.0. The molecule has 10 nitrogen and oxygen atoms in total. The number of rotatable bonds is 3. The van der Waals surface area contributed by atoms with Crippen LogP contribution in [-0.2, 0) is 14.1 Å². The highest BCUT2D eigenvalue weighted by Crippen LogP contribution is 2.34. The number of nitrogens with zero attached hydrogens (tertiary/aromatic N) is 6. The van der Waals surface area contributed by atoms with E-state index >= 15 is 0 Å². The first kappa shape index (κ1) is 16.2. The fraction of sp³-hybridized carbons (Fsp3) is 0.385. The number of aromatic nitrogens is 4. The van der Waals surface area contributed by atoms with Crippen molar-refractivity contribution in [1.29, 1.82) is 0 Å². The highest BCUT2D eigenvalue weighted by atomic mass is 16.3. The molecular formula is C13H15N7O3. The Balaban J connectivity index is 2.58.